The van der Waals surface area contributed by atoms with E-state index in [9.17, 15) is 31.1 Å². The van der Waals surface area contributed by atoms with Gasteiger partial charge in [0.15, 0.2) is 5.16 Å². The number of rotatable bonds is 5. The van der Waals surface area contributed by atoms with Crippen LogP contribution in [0.1, 0.15) is 11.1 Å². The molecule has 1 amide bonds. The van der Waals surface area contributed by atoms with Gasteiger partial charge in [-0.3, -0.25) is 4.79 Å². The van der Waals surface area contributed by atoms with E-state index in [0.717, 1.165) is 23.0 Å². The highest BCUT2D eigenvalue weighted by Crippen LogP contribution is 2.37. The molecule has 2 aromatic carbocycles. The fraction of sp³-hybridized carbons (Fsp3) is 0.200. The number of halogens is 7. The summed E-state index contributed by atoms with van der Waals surface area (Å²) in [7, 11) is 1.71. The number of hydrogen-bond acceptors (Lipinski definition) is 3. The van der Waals surface area contributed by atoms with Crippen molar-refractivity contribution >= 4 is 35.0 Å². The first-order valence-corrected chi connectivity index (χ1v) is 10.2. The van der Waals surface area contributed by atoms with Crippen LogP contribution in [0.25, 0.3) is 11.3 Å². The van der Waals surface area contributed by atoms with Crippen molar-refractivity contribution in [2.45, 2.75) is 17.5 Å². The topological polar surface area (TPSA) is 46.9 Å². The summed E-state index contributed by atoms with van der Waals surface area (Å²) in [4.78, 5) is 16.4. The largest absolute Gasteiger partial charge is 0.416 e. The second-order valence-corrected chi connectivity index (χ2v) is 8.00. The number of carbonyl (C=O) groups excluding carboxylic acids is 1. The van der Waals surface area contributed by atoms with Gasteiger partial charge in [-0.05, 0) is 35.9 Å². The zero-order chi connectivity index (χ0) is 23.7. The van der Waals surface area contributed by atoms with Gasteiger partial charge in [-0.15, -0.1) is 0 Å². The highest BCUT2D eigenvalue weighted by molar-refractivity contribution is 7.99. The van der Waals surface area contributed by atoms with Crippen molar-refractivity contribution < 1.29 is 31.1 Å². The molecule has 0 bridgehead atoms. The van der Waals surface area contributed by atoms with Crippen LogP contribution in [0.4, 0.5) is 32.0 Å². The molecule has 4 nitrogen and oxygen atoms in total. The van der Waals surface area contributed by atoms with Crippen molar-refractivity contribution in [2.75, 3.05) is 11.1 Å². The first-order chi connectivity index (χ1) is 14.8. The molecule has 12 heteroatoms. The average Bonchev–Trinajstić information content (AvgIpc) is 3.06. The van der Waals surface area contributed by atoms with E-state index in [-0.39, 0.29) is 11.8 Å². The summed E-state index contributed by atoms with van der Waals surface area (Å²) in [6.07, 6.45) is -8.42. The van der Waals surface area contributed by atoms with Crippen molar-refractivity contribution in [3.05, 3.63) is 64.8 Å². The standard InChI is InChI=1S/C20H14ClF6N3OS/c1-30-16(11-2-4-14(21)5-3-11)9-28-18(30)32-10-17(31)29-15-7-12(19(22,23)24)6-13(8-15)20(25,26)27/h2-9H,10H2,1H3,(H,29,31). The number of imidazole rings is 1. The fourth-order valence-electron chi connectivity index (χ4n) is 2.77. The summed E-state index contributed by atoms with van der Waals surface area (Å²) >= 11 is 6.85. The molecule has 1 aromatic heterocycles. The van der Waals surface area contributed by atoms with Gasteiger partial charge in [0.1, 0.15) is 0 Å². The van der Waals surface area contributed by atoms with Gasteiger partial charge in [-0.1, -0.05) is 35.5 Å². The Bertz CT molecular complexity index is 1090. The molecule has 0 aliphatic rings. The summed E-state index contributed by atoms with van der Waals surface area (Å²) in [6.45, 7) is 0. The number of nitrogens with one attached hydrogen (secondary N) is 1. The molecule has 0 saturated carbocycles. The molecule has 1 heterocycles. The van der Waals surface area contributed by atoms with Gasteiger partial charge in [0, 0.05) is 17.8 Å². The number of hydrogen-bond donors (Lipinski definition) is 1. The van der Waals surface area contributed by atoms with Crippen LogP contribution in [0.2, 0.25) is 5.02 Å². The second kappa shape index (κ2) is 9.07. The number of thioether (sulfide) groups is 1. The molecule has 0 radical (unpaired) electrons. The van der Waals surface area contributed by atoms with Crippen molar-refractivity contribution in [2.24, 2.45) is 7.05 Å². The summed E-state index contributed by atoms with van der Waals surface area (Å²) in [5.74, 6) is -1.05. The normalized spacial score (nSPS) is 12.1. The average molecular weight is 494 g/mol. The van der Waals surface area contributed by atoms with Gasteiger partial charge in [-0.2, -0.15) is 26.3 Å². The van der Waals surface area contributed by atoms with E-state index in [1.165, 1.54) is 0 Å². The number of aromatic nitrogens is 2. The van der Waals surface area contributed by atoms with Crippen molar-refractivity contribution in [3.63, 3.8) is 0 Å². The molecule has 0 aliphatic heterocycles. The van der Waals surface area contributed by atoms with E-state index in [4.69, 9.17) is 11.6 Å². The number of alkyl halides is 6. The van der Waals surface area contributed by atoms with Crippen molar-refractivity contribution in [3.8, 4) is 11.3 Å². The maximum atomic E-state index is 12.9. The molecule has 1 N–H and O–H groups in total. The van der Waals surface area contributed by atoms with Crippen LogP contribution >= 0.6 is 23.4 Å². The first kappa shape index (κ1) is 24.0. The molecule has 3 aromatic rings. The van der Waals surface area contributed by atoms with Crippen LogP contribution in [0, 0.1) is 0 Å². The minimum absolute atomic E-state index is 0.00339. The third kappa shape index (κ3) is 5.77. The maximum Gasteiger partial charge on any atom is 0.416 e. The molecule has 0 aliphatic carbocycles. The van der Waals surface area contributed by atoms with Gasteiger partial charge in [0.2, 0.25) is 5.91 Å². The van der Waals surface area contributed by atoms with Gasteiger partial charge in [-0.25, -0.2) is 4.98 Å². The highest BCUT2D eigenvalue weighted by Gasteiger charge is 2.37. The van der Waals surface area contributed by atoms with E-state index >= 15 is 0 Å². The third-order valence-corrected chi connectivity index (χ3v) is 5.59. The van der Waals surface area contributed by atoms with E-state index in [1.54, 1.807) is 42.1 Å². The monoisotopic (exact) mass is 493 g/mol. The van der Waals surface area contributed by atoms with Crippen LogP contribution in [-0.4, -0.2) is 21.2 Å². The van der Waals surface area contributed by atoms with E-state index in [0.29, 0.717) is 22.3 Å². The minimum atomic E-state index is -5.00. The predicted octanol–water partition coefficient (Wildman–Crippen LogP) is 6.51. The summed E-state index contributed by atoms with van der Waals surface area (Å²) < 4.78 is 79.4. The number of anilines is 1. The van der Waals surface area contributed by atoms with Gasteiger partial charge >= 0.3 is 12.4 Å². The Labute approximate surface area is 187 Å². The number of nitrogens with zero attached hydrogens (tertiary/aromatic N) is 2. The Morgan fingerprint density at radius 3 is 2.12 bits per heavy atom. The maximum absolute atomic E-state index is 12.9. The number of benzene rings is 2. The lowest BCUT2D eigenvalue weighted by atomic mass is 10.1. The minimum Gasteiger partial charge on any atom is -0.325 e. The zero-order valence-corrected chi connectivity index (χ0v) is 17.8. The first-order valence-electron chi connectivity index (χ1n) is 8.84. The molecule has 3 rings (SSSR count). The summed E-state index contributed by atoms with van der Waals surface area (Å²) in [5.41, 5.74) is -2.06. The van der Waals surface area contributed by atoms with Crippen LogP contribution in [0.15, 0.2) is 53.8 Å². The smallest absolute Gasteiger partial charge is 0.325 e. The molecule has 32 heavy (non-hydrogen) atoms. The Hall–Kier alpha value is -2.66. The summed E-state index contributed by atoms with van der Waals surface area (Å²) in [5, 5.41) is 3.09. The molecular weight excluding hydrogens is 480 g/mol. The molecule has 0 saturated heterocycles. The SMILES string of the molecule is Cn1c(-c2ccc(Cl)cc2)cnc1SCC(=O)Nc1cc(C(F)(F)F)cc(C(F)(F)F)c1. The van der Waals surface area contributed by atoms with Crippen LogP contribution < -0.4 is 5.32 Å². The third-order valence-electron chi connectivity index (χ3n) is 4.29. The summed E-state index contributed by atoms with van der Waals surface area (Å²) in [6, 6.07) is 7.88. The van der Waals surface area contributed by atoms with Gasteiger partial charge in [0.25, 0.3) is 0 Å². The Kier molecular flexibility index (Phi) is 6.80. The fourth-order valence-corrected chi connectivity index (χ4v) is 3.65. The Morgan fingerprint density at radius 1 is 1.03 bits per heavy atom. The van der Waals surface area contributed by atoms with Crippen LogP contribution in [-0.2, 0) is 24.2 Å². The molecule has 0 unspecified atom stereocenters. The number of carbonyl (C=O) groups is 1. The van der Waals surface area contributed by atoms with Crippen LogP contribution in [0.3, 0.4) is 0 Å². The lowest BCUT2D eigenvalue weighted by Gasteiger charge is -2.14. The molecule has 0 fully saturated rings. The van der Waals surface area contributed by atoms with E-state index < -0.39 is 35.1 Å². The Balaban J connectivity index is 1.72. The predicted molar refractivity (Wildman–Crippen MR) is 109 cm³/mol. The lowest BCUT2D eigenvalue weighted by molar-refractivity contribution is -0.143. The second-order valence-electron chi connectivity index (χ2n) is 6.62. The highest BCUT2D eigenvalue weighted by atomic mass is 35.5. The quantitative estimate of drug-likeness (QED) is 0.325. The molecular formula is C20H14ClF6N3OS. The van der Waals surface area contributed by atoms with E-state index in [1.807, 2.05) is 0 Å². The molecule has 0 spiro atoms. The Morgan fingerprint density at radius 2 is 1.59 bits per heavy atom. The van der Waals surface area contributed by atoms with E-state index in [2.05, 4.69) is 10.3 Å². The van der Waals surface area contributed by atoms with Gasteiger partial charge < -0.3 is 9.88 Å². The van der Waals surface area contributed by atoms with Gasteiger partial charge in [0.05, 0.1) is 28.8 Å². The molecule has 0 atom stereocenters. The number of amides is 1. The zero-order valence-electron chi connectivity index (χ0n) is 16.2. The molecule has 170 valence electrons. The van der Waals surface area contributed by atoms with Crippen LogP contribution in [0.5, 0.6) is 0 Å². The van der Waals surface area contributed by atoms with Crippen molar-refractivity contribution in [1.82, 2.24) is 9.55 Å². The van der Waals surface area contributed by atoms with Crippen molar-refractivity contribution in [1.29, 1.82) is 0 Å². The lowest BCUT2D eigenvalue weighted by Crippen LogP contribution is -2.17.